The number of hydrogen-bond acceptors (Lipinski definition) is 4. The fourth-order valence-electron chi connectivity index (χ4n) is 4.75. The third kappa shape index (κ3) is 3.19. The fraction of sp³-hybridized carbons (Fsp3) is 0.391. The van der Waals surface area contributed by atoms with Crippen molar-refractivity contribution in [3.63, 3.8) is 0 Å². The van der Waals surface area contributed by atoms with Crippen molar-refractivity contribution in [3.8, 4) is 0 Å². The maximum atomic E-state index is 13.8. The van der Waals surface area contributed by atoms with Gasteiger partial charge in [0.15, 0.2) is 14.6 Å². The zero-order chi connectivity index (χ0) is 20.6. The van der Waals surface area contributed by atoms with Crippen LogP contribution in [-0.2, 0) is 26.0 Å². The fourth-order valence-corrected chi connectivity index (χ4v) is 7.06. The number of benzene rings is 2. The van der Waals surface area contributed by atoms with E-state index in [0.717, 1.165) is 17.5 Å². The Morgan fingerprint density at radius 2 is 1.69 bits per heavy atom. The summed E-state index contributed by atoms with van der Waals surface area (Å²) in [6, 6.07) is 15.9. The molecule has 1 aliphatic heterocycles. The van der Waals surface area contributed by atoms with Crippen LogP contribution in [0.5, 0.6) is 0 Å². The lowest BCUT2D eigenvalue weighted by molar-refractivity contribution is -0.155. The minimum absolute atomic E-state index is 0.101. The third-order valence-electron chi connectivity index (χ3n) is 6.33. The predicted octanol–water partition coefficient (Wildman–Crippen LogP) is 3.66. The third-order valence-corrected chi connectivity index (χ3v) is 8.90. The molecule has 6 heteroatoms. The van der Waals surface area contributed by atoms with Gasteiger partial charge in [-0.2, -0.15) is 0 Å². The Bertz CT molecular complexity index is 1030. The van der Waals surface area contributed by atoms with Crippen LogP contribution in [-0.4, -0.2) is 29.9 Å². The quantitative estimate of drug-likeness (QED) is 0.720. The highest BCUT2D eigenvalue weighted by molar-refractivity contribution is 7.93. The average Bonchev–Trinajstić information content (AvgIpc) is 2.72. The molecule has 1 saturated carbocycles. The van der Waals surface area contributed by atoms with Crippen LogP contribution in [0.4, 0.5) is 0 Å². The van der Waals surface area contributed by atoms with Crippen molar-refractivity contribution < 1.29 is 18.0 Å². The van der Waals surface area contributed by atoms with E-state index < -0.39 is 26.4 Å². The lowest BCUT2D eigenvalue weighted by Crippen LogP contribution is -2.64. The van der Waals surface area contributed by atoms with E-state index in [-0.39, 0.29) is 30.2 Å². The molecule has 5 nitrogen and oxygen atoms in total. The summed E-state index contributed by atoms with van der Waals surface area (Å²) in [5.41, 5.74) is 1.77. The predicted molar refractivity (Wildman–Crippen MR) is 110 cm³/mol. The second-order valence-corrected chi connectivity index (χ2v) is 10.3. The Balaban J connectivity index is 1.80. The summed E-state index contributed by atoms with van der Waals surface area (Å²) in [5, 5.41) is 0. The molecule has 1 saturated heterocycles. The monoisotopic (exact) mass is 411 g/mol. The van der Waals surface area contributed by atoms with Crippen LogP contribution in [0.15, 0.2) is 59.5 Å². The van der Waals surface area contributed by atoms with Gasteiger partial charge in [0.25, 0.3) is 5.91 Å². The number of carbonyl (C=O) groups excluding carboxylic acids is 2. The van der Waals surface area contributed by atoms with E-state index in [4.69, 9.17) is 0 Å². The van der Waals surface area contributed by atoms with Gasteiger partial charge < -0.3 is 0 Å². The second-order valence-electron chi connectivity index (χ2n) is 8.12. The molecule has 2 fully saturated rings. The van der Waals surface area contributed by atoms with E-state index in [9.17, 15) is 18.0 Å². The van der Waals surface area contributed by atoms with E-state index in [0.29, 0.717) is 12.8 Å². The number of fused-ring (bicyclic) bond motifs is 1. The molecule has 0 bridgehead atoms. The van der Waals surface area contributed by atoms with E-state index >= 15 is 0 Å². The van der Waals surface area contributed by atoms with Crippen molar-refractivity contribution in [3.05, 3.63) is 65.7 Å². The molecule has 1 heterocycles. The van der Waals surface area contributed by atoms with Crippen molar-refractivity contribution >= 4 is 21.7 Å². The van der Waals surface area contributed by atoms with Gasteiger partial charge in [-0.15, -0.1) is 0 Å². The maximum absolute atomic E-state index is 13.8. The summed E-state index contributed by atoms with van der Waals surface area (Å²) >= 11 is 0. The summed E-state index contributed by atoms with van der Waals surface area (Å²) < 4.78 is 26.1. The van der Waals surface area contributed by atoms with Gasteiger partial charge in [0.2, 0.25) is 5.91 Å². The zero-order valence-corrected chi connectivity index (χ0v) is 17.3. The molecule has 0 aromatic heterocycles. The molecule has 4 rings (SSSR count). The number of hydrogen-bond donors (Lipinski definition) is 0. The van der Waals surface area contributed by atoms with Crippen molar-refractivity contribution in [1.29, 1.82) is 0 Å². The molecule has 1 aliphatic carbocycles. The Kier molecular flexibility index (Phi) is 5.07. The molecule has 0 spiro atoms. The van der Waals surface area contributed by atoms with Gasteiger partial charge in [0.05, 0.1) is 11.4 Å². The molecule has 1 unspecified atom stereocenters. The number of rotatable bonds is 4. The molecule has 0 N–H and O–H groups in total. The Labute approximate surface area is 171 Å². The van der Waals surface area contributed by atoms with Crippen molar-refractivity contribution in [2.75, 3.05) is 0 Å². The van der Waals surface area contributed by atoms with Crippen molar-refractivity contribution in [1.82, 2.24) is 4.90 Å². The van der Waals surface area contributed by atoms with Crippen molar-refractivity contribution in [2.45, 2.75) is 55.2 Å². The highest BCUT2D eigenvalue weighted by Crippen LogP contribution is 2.48. The van der Waals surface area contributed by atoms with E-state index in [1.54, 1.807) is 24.3 Å². The van der Waals surface area contributed by atoms with Gasteiger partial charge in [0, 0.05) is 6.42 Å². The lowest BCUT2D eigenvalue weighted by Gasteiger charge is -2.47. The molecule has 0 radical (unpaired) electrons. The van der Waals surface area contributed by atoms with Gasteiger partial charge >= 0.3 is 0 Å². The average molecular weight is 412 g/mol. The highest BCUT2D eigenvalue weighted by Gasteiger charge is 2.62. The first-order valence-electron chi connectivity index (χ1n) is 10.1. The standard InChI is InChI=1S/C23H25NO4S/c1-17-10-12-20(13-11-17)29(27,28)23-14-6-5-9-19(23)15-21(25)24(22(23)26)16-18-7-3-2-4-8-18/h2-4,7-8,10-13,19H,5-6,9,14-16H2,1H3/t19-,23?/m1/s1. The maximum Gasteiger partial charge on any atom is 0.251 e. The molecular weight excluding hydrogens is 386 g/mol. The molecule has 152 valence electrons. The number of likely N-dealkylation sites (tertiary alicyclic amines) is 1. The summed E-state index contributed by atoms with van der Waals surface area (Å²) in [5.74, 6) is -1.29. The zero-order valence-electron chi connectivity index (χ0n) is 16.5. The normalized spacial score (nSPS) is 25.0. The van der Waals surface area contributed by atoms with Gasteiger partial charge in [-0.25, -0.2) is 8.42 Å². The van der Waals surface area contributed by atoms with Gasteiger partial charge in [-0.05, 0) is 43.4 Å². The number of piperidine rings is 1. The van der Waals surface area contributed by atoms with Crippen LogP contribution in [0, 0.1) is 12.8 Å². The number of nitrogens with zero attached hydrogens (tertiary/aromatic N) is 1. The van der Waals surface area contributed by atoms with E-state index in [1.807, 2.05) is 37.3 Å². The molecule has 2 aromatic carbocycles. The van der Waals surface area contributed by atoms with E-state index in [1.165, 1.54) is 4.90 Å². The minimum atomic E-state index is -3.94. The van der Waals surface area contributed by atoms with E-state index in [2.05, 4.69) is 0 Å². The highest BCUT2D eigenvalue weighted by atomic mass is 32.2. The molecule has 29 heavy (non-hydrogen) atoms. The first kappa shape index (κ1) is 19.8. The second kappa shape index (κ2) is 7.41. The SMILES string of the molecule is Cc1ccc(S(=O)(=O)C23CCCC[C@@H]2CC(=O)N(Cc2ccccc2)C3=O)cc1. The van der Waals surface area contributed by atoms with Crippen LogP contribution < -0.4 is 0 Å². The number of sulfone groups is 1. The van der Waals surface area contributed by atoms with Gasteiger partial charge in [0.1, 0.15) is 0 Å². The number of imide groups is 1. The number of aryl methyl sites for hydroxylation is 1. The summed E-state index contributed by atoms with van der Waals surface area (Å²) in [6.45, 7) is 2.00. The molecule has 2 atom stereocenters. The largest absolute Gasteiger partial charge is 0.277 e. The molecule has 2 aliphatic rings. The minimum Gasteiger partial charge on any atom is -0.277 e. The number of amides is 2. The Hall–Kier alpha value is -2.47. The molecular formula is C23H25NO4S. The van der Waals surface area contributed by atoms with Crippen LogP contribution in [0.3, 0.4) is 0 Å². The van der Waals surface area contributed by atoms with Crippen LogP contribution in [0.1, 0.15) is 43.2 Å². The first-order valence-corrected chi connectivity index (χ1v) is 11.5. The topological polar surface area (TPSA) is 71.5 Å². The van der Waals surface area contributed by atoms with Gasteiger partial charge in [-0.3, -0.25) is 14.5 Å². The van der Waals surface area contributed by atoms with Crippen molar-refractivity contribution in [2.24, 2.45) is 5.92 Å². The van der Waals surface area contributed by atoms with Crippen LogP contribution >= 0.6 is 0 Å². The molecule has 2 aromatic rings. The van der Waals surface area contributed by atoms with Gasteiger partial charge in [-0.1, -0.05) is 60.9 Å². The first-order chi connectivity index (χ1) is 13.9. The summed E-state index contributed by atoms with van der Waals surface area (Å²) in [7, 11) is -3.94. The Morgan fingerprint density at radius 1 is 1.00 bits per heavy atom. The summed E-state index contributed by atoms with van der Waals surface area (Å²) in [4.78, 5) is 27.9. The summed E-state index contributed by atoms with van der Waals surface area (Å²) in [6.07, 6.45) is 2.46. The Morgan fingerprint density at radius 3 is 2.38 bits per heavy atom. The smallest absolute Gasteiger partial charge is 0.251 e. The lowest BCUT2D eigenvalue weighted by atomic mass is 9.73. The van der Waals surface area contributed by atoms with Crippen LogP contribution in [0.2, 0.25) is 0 Å². The number of carbonyl (C=O) groups is 2. The van der Waals surface area contributed by atoms with Crippen LogP contribution in [0.25, 0.3) is 0 Å². The molecule has 2 amide bonds.